The van der Waals surface area contributed by atoms with E-state index in [9.17, 15) is 14.0 Å². The zero-order valence-corrected chi connectivity index (χ0v) is 16.1. The van der Waals surface area contributed by atoms with Gasteiger partial charge in [0.2, 0.25) is 0 Å². The molecule has 2 aromatic carbocycles. The number of piperazine rings is 1. The van der Waals surface area contributed by atoms with Gasteiger partial charge in [0.1, 0.15) is 11.6 Å². The number of carbonyl (C=O) groups is 2. The number of benzene rings is 2. The summed E-state index contributed by atoms with van der Waals surface area (Å²) in [6.45, 7) is 4.04. The smallest absolute Gasteiger partial charge is 0.289 e. The van der Waals surface area contributed by atoms with E-state index in [1.807, 2.05) is 24.3 Å². The molecule has 29 heavy (non-hydrogen) atoms. The average Bonchev–Trinajstić information content (AvgIpc) is 3.24. The Bertz CT molecular complexity index is 1030. The van der Waals surface area contributed by atoms with E-state index in [2.05, 4.69) is 4.90 Å². The first-order chi connectivity index (χ1) is 14.0. The van der Waals surface area contributed by atoms with Crippen molar-refractivity contribution < 1.29 is 18.4 Å². The lowest BCUT2D eigenvalue weighted by Crippen LogP contribution is -2.48. The van der Waals surface area contributed by atoms with Gasteiger partial charge in [0.25, 0.3) is 5.91 Å². The normalized spacial score (nSPS) is 14.1. The molecule has 0 bridgehead atoms. The van der Waals surface area contributed by atoms with Gasteiger partial charge in [-0.3, -0.25) is 9.59 Å². The molecule has 0 aliphatic carbocycles. The van der Waals surface area contributed by atoms with Crippen LogP contribution in [-0.4, -0.2) is 42.8 Å². The van der Waals surface area contributed by atoms with Gasteiger partial charge in [-0.2, -0.15) is 0 Å². The molecule has 0 N–H and O–H groups in total. The Morgan fingerprint density at radius 1 is 0.897 bits per heavy atom. The quantitative estimate of drug-likeness (QED) is 0.623. The summed E-state index contributed by atoms with van der Waals surface area (Å²) in [7, 11) is 0. The van der Waals surface area contributed by atoms with E-state index in [4.69, 9.17) is 4.42 Å². The van der Waals surface area contributed by atoms with E-state index in [0.29, 0.717) is 43.1 Å². The zero-order chi connectivity index (χ0) is 20.4. The van der Waals surface area contributed by atoms with Gasteiger partial charge in [-0.25, -0.2) is 4.39 Å². The number of furan rings is 1. The van der Waals surface area contributed by atoms with Crippen LogP contribution in [0, 0.1) is 5.82 Å². The Labute approximate surface area is 168 Å². The molecular formula is C23H21FN2O3. The number of Topliss-reactive ketones (excluding diaryl/α,β-unsaturated/α-hetero) is 1. The first-order valence-electron chi connectivity index (χ1n) is 9.53. The van der Waals surface area contributed by atoms with Gasteiger partial charge < -0.3 is 14.2 Å². The summed E-state index contributed by atoms with van der Waals surface area (Å²) >= 11 is 0. The lowest BCUT2D eigenvalue weighted by molar-refractivity contribution is 0.0715. The van der Waals surface area contributed by atoms with Crippen LogP contribution in [0.4, 0.5) is 10.1 Å². The minimum atomic E-state index is -0.384. The number of nitrogens with zero attached hydrogens (tertiary/aromatic N) is 2. The highest BCUT2D eigenvalue weighted by Gasteiger charge is 2.25. The van der Waals surface area contributed by atoms with Crippen LogP contribution >= 0.6 is 0 Å². The van der Waals surface area contributed by atoms with E-state index >= 15 is 0 Å². The van der Waals surface area contributed by atoms with Crippen molar-refractivity contribution in [1.82, 2.24) is 4.90 Å². The van der Waals surface area contributed by atoms with E-state index in [1.165, 1.54) is 6.07 Å². The van der Waals surface area contributed by atoms with Gasteiger partial charge in [0.05, 0.1) is 5.56 Å². The third kappa shape index (κ3) is 3.92. The molecule has 1 saturated heterocycles. The molecule has 0 atom stereocenters. The number of rotatable bonds is 4. The van der Waals surface area contributed by atoms with Gasteiger partial charge in [-0.05, 0) is 55.5 Å². The molecule has 1 aromatic heterocycles. The molecule has 1 aliphatic rings. The lowest BCUT2D eigenvalue weighted by Gasteiger charge is -2.35. The van der Waals surface area contributed by atoms with E-state index in [-0.39, 0.29) is 23.3 Å². The largest absolute Gasteiger partial charge is 0.451 e. The second-order valence-electron chi connectivity index (χ2n) is 7.03. The number of hydrogen-bond donors (Lipinski definition) is 0. The molecule has 1 aliphatic heterocycles. The topological polar surface area (TPSA) is 53.8 Å². The first-order valence-corrected chi connectivity index (χ1v) is 9.53. The Morgan fingerprint density at radius 3 is 2.24 bits per heavy atom. The molecule has 0 unspecified atom stereocenters. The standard InChI is InChI=1S/C23H21FN2O3/c1-16(27)17-6-8-18(9-7-17)25-12-14-26(15-13-25)23(28)22-11-10-21(29-22)19-4-2-3-5-20(19)24/h2-11H,12-15H2,1H3. The maximum absolute atomic E-state index is 13.9. The second kappa shape index (κ2) is 7.91. The third-order valence-corrected chi connectivity index (χ3v) is 5.16. The van der Waals surface area contributed by atoms with Crippen LogP contribution in [0.1, 0.15) is 27.8 Å². The predicted molar refractivity (Wildman–Crippen MR) is 109 cm³/mol. The van der Waals surface area contributed by atoms with Crippen molar-refractivity contribution in [2.45, 2.75) is 6.92 Å². The lowest BCUT2D eigenvalue weighted by atomic mass is 10.1. The summed E-state index contributed by atoms with van der Waals surface area (Å²) in [5.74, 6) is 0.0164. The number of carbonyl (C=O) groups excluding carboxylic acids is 2. The van der Waals surface area contributed by atoms with E-state index in [1.54, 1.807) is 42.2 Å². The third-order valence-electron chi connectivity index (χ3n) is 5.16. The molecule has 5 nitrogen and oxygen atoms in total. The molecule has 1 amide bonds. The van der Waals surface area contributed by atoms with Crippen LogP contribution in [0.2, 0.25) is 0 Å². The van der Waals surface area contributed by atoms with Crippen molar-refractivity contribution >= 4 is 17.4 Å². The Hall–Kier alpha value is -3.41. The predicted octanol–water partition coefficient (Wildman–Crippen LogP) is 4.25. The number of ketones is 1. The van der Waals surface area contributed by atoms with Gasteiger partial charge >= 0.3 is 0 Å². The average molecular weight is 392 g/mol. The Morgan fingerprint density at radius 2 is 1.59 bits per heavy atom. The van der Waals surface area contributed by atoms with Crippen LogP contribution in [0.25, 0.3) is 11.3 Å². The summed E-state index contributed by atoms with van der Waals surface area (Å²) in [5, 5.41) is 0. The van der Waals surface area contributed by atoms with Crippen molar-refractivity contribution in [3.63, 3.8) is 0 Å². The molecule has 6 heteroatoms. The summed E-state index contributed by atoms with van der Waals surface area (Å²) in [4.78, 5) is 28.1. The number of hydrogen-bond acceptors (Lipinski definition) is 4. The Balaban J connectivity index is 1.40. The molecule has 0 radical (unpaired) electrons. The minimum Gasteiger partial charge on any atom is -0.451 e. The maximum atomic E-state index is 13.9. The van der Waals surface area contributed by atoms with Gasteiger partial charge in [-0.1, -0.05) is 12.1 Å². The van der Waals surface area contributed by atoms with Gasteiger partial charge in [0, 0.05) is 37.4 Å². The second-order valence-corrected chi connectivity index (χ2v) is 7.03. The van der Waals surface area contributed by atoms with Crippen LogP contribution in [0.15, 0.2) is 65.1 Å². The first kappa shape index (κ1) is 18.9. The van der Waals surface area contributed by atoms with Crippen molar-refractivity contribution in [2.75, 3.05) is 31.1 Å². The molecule has 4 rings (SSSR count). The fraction of sp³-hybridized carbons (Fsp3) is 0.217. The highest BCUT2D eigenvalue weighted by molar-refractivity contribution is 5.94. The highest BCUT2D eigenvalue weighted by atomic mass is 19.1. The van der Waals surface area contributed by atoms with Crippen LogP contribution < -0.4 is 4.90 Å². The van der Waals surface area contributed by atoms with Gasteiger partial charge in [-0.15, -0.1) is 0 Å². The fourth-order valence-electron chi connectivity index (χ4n) is 3.49. The SMILES string of the molecule is CC(=O)c1ccc(N2CCN(C(=O)c3ccc(-c4ccccc4F)o3)CC2)cc1. The van der Waals surface area contributed by atoms with Gasteiger partial charge in [0.15, 0.2) is 11.5 Å². The van der Waals surface area contributed by atoms with Crippen molar-refractivity contribution in [2.24, 2.45) is 0 Å². The maximum Gasteiger partial charge on any atom is 0.289 e. The highest BCUT2D eigenvalue weighted by Crippen LogP contribution is 2.26. The molecule has 2 heterocycles. The fourth-order valence-corrected chi connectivity index (χ4v) is 3.49. The van der Waals surface area contributed by atoms with Crippen molar-refractivity contribution in [3.05, 3.63) is 77.8 Å². The van der Waals surface area contributed by atoms with Crippen LogP contribution in [0.3, 0.4) is 0 Å². The van der Waals surface area contributed by atoms with Crippen molar-refractivity contribution in [3.8, 4) is 11.3 Å². The molecule has 3 aromatic rings. The minimum absolute atomic E-state index is 0.0418. The molecule has 148 valence electrons. The van der Waals surface area contributed by atoms with E-state index in [0.717, 1.165) is 5.69 Å². The van der Waals surface area contributed by atoms with Crippen molar-refractivity contribution in [1.29, 1.82) is 0 Å². The molecule has 0 spiro atoms. The zero-order valence-electron chi connectivity index (χ0n) is 16.1. The van der Waals surface area contributed by atoms with Crippen LogP contribution in [0.5, 0.6) is 0 Å². The summed E-state index contributed by atoms with van der Waals surface area (Å²) < 4.78 is 19.6. The monoisotopic (exact) mass is 392 g/mol. The van der Waals surface area contributed by atoms with Crippen LogP contribution in [-0.2, 0) is 0 Å². The summed E-state index contributed by atoms with van der Waals surface area (Å²) in [6, 6.07) is 17.1. The van der Waals surface area contributed by atoms with E-state index < -0.39 is 0 Å². The molecule has 1 fully saturated rings. The summed E-state index contributed by atoms with van der Waals surface area (Å²) in [6.07, 6.45) is 0. The summed E-state index contributed by atoms with van der Waals surface area (Å²) in [5.41, 5.74) is 2.05. The number of amides is 1. The number of halogens is 1. The molecule has 0 saturated carbocycles. The molecular weight excluding hydrogens is 371 g/mol. The Kier molecular flexibility index (Phi) is 5.16. The number of anilines is 1.